The van der Waals surface area contributed by atoms with Crippen LogP contribution in [0.25, 0.3) is 0 Å². The lowest BCUT2D eigenvalue weighted by atomic mass is 9.87. The molecule has 1 atom stereocenters. The number of carbonyl (C=O) groups excluding carboxylic acids is 1. The lowest BCUT2D eigenvalue weighted by Gasteiger charge is -2.45. The summed E-state index contributed by atoms with van der Waals surface area (Å²) in [5.74, 6) is 0.617. The van der Waals surface area contributed by atoms with Crippen molar-refractivity contribution in [3.05, 3.63) is 58.6 Å². The number of halogens is 1. The third-order valence-electron chi connectivity index (χ3n) is 6.19. The number of rotatable bonds is 5. The molecule has 1 amide bonds. The highest BCUT2D eigenvalue weighted by molar-refractivity contribution is 6.30. The van der Waals surface area contributed by atoms with Gasteiger partial charge in [-0.2, -0.15) is 0 Å². The maximum atomic E-state index is 12.2. The van der Waals surface area contributed by atoms with Crippen molar-refractivity contribution in [3.8, 4) is 11.5 Å². The van der Waals surface area contributed by atoms with Crippen molar-refractivity contribution in [1.82, 2.24) is 10.2 Å². The number of ether oxygens (including phenoxy) is 2. The minimum atomic E-state index is -0.547. The largest absolute Gasteiger partial charge is 0.504 e. The van der Waals surface area contributed by atoms with Gasteiger partial charge in [-0.25, -0.2) is 4.79 Å². The molecule has 0 aromatic heterocycles. The molecule has 1 spiro atoms. The summed E-state index contributed by atoms with van der Waals surface area (Å²) in [6, 6.07) is 13.1. The summed E-state index contributed by atoms with van der Waals surface area (Å²) < 4.78 is 10.8. The van der Waals surface area contributed by atoms with Crippen molar-refractivity contribution in [2.45, 2.75) is 44.8 Å². The Morgan fingerprint density at radius 3 is 2.58 bits per heavy atom. The second-order valence-electron chi connectivity index (χ2n) is 8.31. The van der Waals surface area contributed by atoms with E-state index in [4.69, 9.17) is 26.1 Å². The lowest BCUT2D eigenvalue weighted by molar-refractivity contribution is 0.0778. The molecule has 0 unspecified atom stereocenters. The molecule has 2 N–H and O–H groups in total. The van der Waals surface area contributed by atoms with Crippen molar-refractivity contribution in [1.29, 1.82) is 0 Å². The highest BCUT2D eigenvalue weighted by atomic mass is 35.5. The molecule has 33 heavy (non-hydrogen) atoms. The molecule has 0 bridgehead atoms. The fraction of sp³-hybridized carbons (Fsp3) is 0.440. The average Bonchev–Trinajstić information content (AvgIpc) is 2.81. The van der Waals surface area contributed by atoms with Gasteiger partial charge in [-0.1, -0.05) is 35.9 Å². The van der Waals surface area contributed by atoms with Crippen molar-refractivity contribution in [3.63, 3.8) is 0 Å². The van der Waals surface area contributed by atoms with Crippen LogP contribution in [0.4, 0.5) is 4.79 Å². The number of likely N-dealkylation sites (tertiary alicyclic amines) is 1. The molecule has 1 fully saturated rings. The molecule has 8 heteroatoms. The number of aromatic hydroxyl groups is 1. The molecule has 176 valence electrons. The first-order chi connectivity index (χ1) is 15.9. The maximum absolute atomic E-state index is 12.2. The van der Waals surface area contributed by atoms with E-state index >= 15 is 0 Å². The van der Waals surface area contributed by atoms with E-state index in [0.717, 1.165) is 16.8 Å². The molecule has 4 rings (SSSR count). The third kappa shape index (κ3) is 5.09. The van der Waals surface area contributed by atoms with E-state index < -0.39 is 5.66 Å². The van der Waals surface area contributed by atoms with Crippen LogP contribution < -0.4 is 10.1 Å². The number of aliphatic imine (C=N–C) groups is 1. The minimum absolute atomic E-state index is 0.147. The number of hydrogen-bond acceptors (Lipinski definition) is 6. The van der Waals surface area contributed by atoms with E-state index in [1.807, 2.05) is 50.2 Å². The highest BCUT2D eigenvalue weighted by Gasteiger charge is 2.41. The van der Waals surface area contributed by atoms with E-state index in [9.17, 15) is 9.90 Å². The fourth-order valence-electron chi connectivity index (χ4n) is 4.54. The van der Waals surface area contributed by atoms with E-state index in [1.54, 1.807) is 11.0 Å². The van der Waals surface area contributed by atoms with E-state index in [-0.39, 0.29) is 17.9 Å². The topological polar surface area (TPSA) is 83.4 Å². The van der Waals surface area contributed by atoms with Crippen LogP contribution in [0, 0.1) is 0 Å². The van der Waals surface area contributed by atoms with Gasteiger partial charge >= 0.3 is 6.09 Å². The third-order valence-corrected chi connectivity index (χ3v) is 6.44. The van der Waals surface area contributed by atoms with Crippen LogP contribution in [0.1, 0.15) is 50.3 Å². The molecule has 2 heterocycles. The smallest absolute Gasteiger partial charge is 0.409 e. The van der Waals surface area contributed by atoms with Crippen LogP contribution in [0.15, 0.2) is 47.5 Å². The van der Waals surface area contributed by atoms with Crippen LogP contribution in [0.5, 0.6) is 11.5 Å². The van der Waals surface area contributed by atoms with E-state index in [1.165, 1.54) is 0 Å². The quantitative estimate of drug-likeness (QED) is 0.646. The highest BCUT2D eigenvalue weighted by Crippen LogP contribution is 2.40. The molecule has 7 nitrogen and oxygen atoms in total. The zero-order valence-electron chi connectivity index (χ0n) is 19.0. The van der Waals surface area contributed by atoms with E-state index in [0.29, 0.717) is 56.3 Å². The Kier molecular flexibility index (Phi) is 7.10. The Hall–Kier alpha value is -2.77. The standard InChI is InChI=1S/C25H30ClN3O4/c1-3-32-22-7-5-6-19(23(22)30)21-16-20(17-8-10-18(26)11-9-17)27-25(28-21)12-14-29(15-13-25)24(31)33-4-2/h5-11,21,28,30H,3-4,12-16H2,1-2H3/t21-/m1/s1. The summed E-state index contributed by atoms with van der Waals surface area (Å²) in [6.07, 6.45) is 1.61. The Balaban J connectivity index is 1.66. The van der Waals surface area contributed by atoms with Crippen molar-refractivity contribution in [2.75, 3.05) is 26.3 Å². The predicted molar refractivity (Wildman–Crippen MR) is 128 cm³/mol. The van der Waals surface area contributed by atoms with Crippen LogP contribution in [-0.4, -0.2) is 53.8 Å². The van der Waals surface area contributed by atoms with Gasteiger partial charge in [0.05, 0.1) is 13.2 Å². The number of piperidine rings is 1. The Morgan fingerprint density at radius 2 is 1.91 bits per heavy atom. The average molecular weight is 472 g/mol. The molecule has 0 aliphatic carbocycles. The van der Waals surface area contributed by atoms with Gasteiger partial charge in [-0.3, -0.25) is 10.3 Å². The maximum Gasteiger partial charge on any atom is 0.409 e. The Labute approximate surface area is 199 Å². The van der Waals surface area contributed by atoms with Gasteiger partial charge in [-0.15, -0.1) is 0 Å². The van der Waals surface area contributed by atoms with Gasteiger partial charge in [0.1, 0.15) is 5.66 Å². The van der Waals surface area contributed by atoms with Gasteiger partial charge in [-0.05, 0) is 37.6 Å². The molecule has 0 radical (unpaired) electrons. The van der Waals surface area contributed by atoms with Gasteiger partial charge < -0.3 is 19.5 Å². The summed E-state index contributed by atoms with van der Waals surface area (Å²) in [7, 11) is 0. The second-order valence-corrected chi connectivity index (χ2v) is 8.75. The first kappa shape index (κ1) is 23.4. The normalized spacial score (nSPS) is 19.8. The molecule has 2 aromatic rings. The van der Waals surface area contributed by atoms with E-state index in [2.05, 4.69) is 5.32 Å². The Bertz CT molecular complexity index is 1020. The van der Waals surface area contributed by atoms with Crippen LogP contribution in [-0.2, 0) is 4.74 Å². The van der Waals surface area contributed by atoms with Crippen LogP contribution >= 0.6 is 11.6 Å². The first-order valence-corrected chi connectivity index (χ1v) is 11.8. The summed E-state index contributed by atoms with van der Waals surface area (Å²) in [5.41, 5.74) is 2.17. The molecule has 2 aromatic carbocycles. The van der Waals surface area contributed by atoms with Gasteiger partial charge in [0.25, 0.3) is 0 Å². The monoisotopic (exact) mass is 471 g/mol. The number of amides is 1. The van der Waals surface area contributed by atoms with Gasteiger partial charge in [0.2, 0.25) is 0 Å². The number of nitrogens with zero attached hydrogens (tertiary/aromatic N) is 2. The number of para-hydroxylation sites is 1. The van der Waals surface area contributed by atoms with Crippen LogP contribution in [0.2, 0.25) is 5.02 Å². The van der Waals surface area contributed by atoms with Crippen LogP contribution in [0.3, 0.4) is 0 Å². The fourth-order valence-corrected chi connectivity index (χ4v) is 4.67. The first-order valence-electron chi connectivity index (χ1n) is 11.4. The second kappa shape index (κ2) is 10.0. The molecule has 0 saturated carbocycles. The zero-order valence-corrected chi connectivity index (χ0v) is 19.8. The predicted octanol–water partition coefficient (Wildman–Crippen LogP) is 4.92. The number of hydrogen-bond donors (Lipinski definition) is 2. The van der Waals surface area contributed by atoms with Crippen molar-refractivity contribution < 1.29 is 19.4 Å². The molecule has 2 aliphatic heterocycles. The summed E-state index contributed by atoms with van der Waals surface area (Å²) in [4.78, 5) is 19.1. The lowest BCUT2D eigenvalue weighted by Crippen LogP contribution is -2.56. The molecular formula is C25H30ClN3O4. The minimum Gasteiger partial charge on any atom is -0.504 e. The summed E-state index contributed by atoms with van der Waals surface area (Å²) in [5, 5.41) is 15.3. The number of phenolic OH excluding ortho intramolecular Hbond substituents is 1. The Morgan fingerprint density at radius 1 is 1.18 bits per heavy atom. The molecule has 2 aliphatic rings. The molecule has 1 saturated heterocycles. The van der Waals surface area contributed by atoms with Crippen molar-refractivity contribution in [2.24, 2.45) is 4.99 Å². The SMILES string of the molecule is CCOC(=O)N1CCC2(CC1)N=C(c1ccc(Cl)cc1)C[C@H](c1cccc(OCC)c1O)N2. The zero-order chi connectivity index (χ0) is 23.4. The van der Waals surface area contributed by atoms with Crippen molar-refractivity contribution >= 4 is 23.4 Å². The number of carbonyl (C=O) groups is 1. The number of phenols is 1. The molecular weight excluding hydrogens is 442 g/mol. The summed E-state index contributed by atoms with van der Waals surface area (Å²) >= 11 is 6.11. The van der Waals surface area contributed by atoms with Gasteiger partial charge in [0.15, 0.2) is 11.5 Å². The summed E-state index contributed by atoms with van der Waals surface area (Å²) in [6.45, 7) is 5.61. The number of nitrogens with one attached hydrogen (secondary N) is 1. The van der Waals surface area contributed by atoms with Gasteiger partial charge in [0, 0.05) is 54.7 Å². The number of benzene rings is 2.